The highest BCUT2D eigenvalue weighted by Crippen LogP contribution is 1.89. The first-order valence-corrected chi connectivity index (χ1v) is 3.86. The number of carbonyl (C=O) groups excluding carboxylic acids is 2. The molecule has 14 heavy (non-hydrogen) atoms. The van der Waals surface area contributed by atoms with Gasteiger partial charge in [0, 0.05) is 6.20 Å². The number of nitrogens with one attached hydrogen (secondary N) is 1. The molecule has 1 amide bonds. The Bertz CT molecular complexity index is 326. The smallest absolute Gasteiger partial charge is 0.396 e. The average molecular weight is 195 g/mol. The minimum Gasteiger partial charge on any atom is -0.462 e. The number of amides is 1. The zero-order valence-corrected chi connectivity index (χ0v) is 7.56. The zero-order chi connectivity index (χ0) is 10.4. The van der Waals surface area contributed by atoms with E-state index in [-0.39, 0.29) is 6.54 Å². The van der Waals surface area contributed by atoms with Gasteiger partial charge >= 0.3 is 11.9 Å². The van der Waals surface area contributed by atoms with Crippen molar-refractivity contribution in [3.63, 3.8) is 0 Å². The van der Waals surface area contributed by atoms with Crippen LogP contribution in [0.2, 0.25) is 0 Å². The lowest BCUT2D eigenvalue weighted by Crippen LogP contribution is -2.31. The summed E-state index contributed by atoms with van der Waals surface area (Å²) in [5.41, 5.74) is 0.574. The van der Waals surface area contributed by atoms with Gasteiger partial charge in [-0.3, -0.25) is 4.79 Å². The summed E-state index contributed by atoms with van der Waals surface area (Å²) in [5.74, 6) is -1.72. The van der Waals surface area contributed by atoms with E-state index in [9.17, 15) is 9.59 Å². The Hall–Kier alpha value is -1.98. The van der Waals surface area contributed by atoms with E-state index in [1.807, 2.05) is 0 Å². The van der Waals surface area contributed by atoms with Crippen LogP contribution in [0.1, 0.15) is 5.69 Å². The van der Waals surface area contributed by atoms with E-state index in [2.05, 4.69) is 20.3 Å². The van der Waals surface area contributed by atoms with Crippen molar-refractivity contribution in [1.29, 1.82) is 0 Å². The molecule has 1 heterocycles. The van der Waals surface area contributed by atoms with Gasteiger partial charge < -0.3 is 10.1 Å². The first-order chi connectivity index (χ1) is 6.74. The summed E-state index contributed by atoms with van der Waals surface area (Å²) < 4.78 is 4.21. The summed E-state index contributed by atoms with van der Waals surface area (Å²) >= 11 is 0. The van der Waals surface area contributed by atoms with Gasteiger partial charge in [0.2, 0.25) is 0 Å². The molecule has 0 spiro atoms. The van der Waals surface area contributed by atoms with Crippen molar-refractivity contribution >= 4 is 11.9 Å². The maximum atomic E-state index is 10.9. The Labute approximate surface area is 80.3 Å². The topological polar surface area (TPSA) is 81.2 Å². The van der Waals surface area contributed by atoms with Gasteiger partial charge in [0.05, 0.1) is 19.3 Å². The molecule has 1 aromatic rings. The van der Waals surface area contributed by atoms with Crippen LogP contribution < -0.4 is 5.32 Å². The third-order valence-electron chi connectivity index (χ3n) is 1.43. The SMILES string of the molecule is COC(=O)C(=O)NCc1cccnn1. The average Bonchev–Trinajstić information content (AvgIpc) is 2.26. The molecule has 1 rings (SSSR count). The van der Waals surface area contributed by atoms with Crippen LogP contribution in [0.15, 0.2) is 18.3 Å². The molecule has 0 aliphatic carbocycles. The van der Waals surface area contributed by atoms with Gasteiger partial charge in [-0.25, -0.2) is 4.79 Å². The second kappa shape index (κ2) is 4.90. The highest BCUT2D eigenvalue weighted by atomic mass is 16.5. The van der Waals surface area contributed by atoms with E-state index >= 15 is 0 Å². The van der Waals surface area contributed by atoms with E-state index in [4.69, 9.17) is 0 Å². The van der Waals surface area contributed by atoms with Crippen molar-refractivity contribution in [1.82, 2.24) is 15.5 Å². The molecule has 0 saturated heterocycles. The highest BCUT2D eigenvalue weighted by molar-refractivity contribution is 6.32. The predicted octanol–water partition coefficient (Wildman–Crippen LogP) is -0.734. The maximum Gasteiger partial charge on any atom is 0.396 e. The number of methoxy groups -OCH3 is 1. The lowest BCUT2D eigenvalue weighted by atomic mass is 10.4. The van der Waals surface area contributed by atoms with E-state index in [0.29, 0.717) is 5.69 Å². The van der Waals surface area contributed by atoms with Crippen molar-refractivity contribution in [3.8, 4) is 0 Å². The van der Waals surface area contributed by atoms with Crippen molar-refractivity contribution in [2.75, 3.05) is 7.11 Å². The summed E-state index contributed by atoms with van der Waals surface area (Å²) in [6, 6.07) is 3.37. The Morgan fingerprint density at radius 3 is 2.93 bits per heavy atom. The molecule has 0 aliphatic rings. The Balaban J connectivity index is 2.42. The lowest BCUT2D eigenvalue weighted by molar-refractivity contribution is -0.152. The summed E-state index contributed by atoms with van der Waals surface area (Å²) in [5, 5.41) is 9.66. The number of esters is 1. The zero-order valence-electron chi connectivity index (χ0n) is 7.56. The molecule has 6 nitrogen and oxygen atoms in total. The van der Waals surface area contributed by atoms with E-state index in [0.717, 1.165) is 7.11 Å². The number of aromatic nitrogens is 2. The van der Waals surface area contributed by atoms with Crippen LogP contribution in [0.3, 0.4) is 0 Å². The monoisotopic (exact) mass is 195 g/mol. The van der Waals surface area contributed by atoms with Crippen LogP contribution >= 0.6 is 0 Å². The number of nitrogens with zero attached hydrogens (tertiary/aromatic N) is 2. The van der Waals surface area contributed by atoms with Gasteiger partial charge in [0.25, 0.3) is 0 Å². The summed E-state index contributed by atoms with van der Waals surface area (Å²) in [4.78, 5) is 21.6. The number of hydrogen-bond donors (Lipinski definition) is 1. The Morgan fingerprint density at radius 2 is 2.36 bits per heavy atom. The van der Waals surface area contributed by atoms with Gasteiger partial charge in [-0.15, -0.1) is 0 Å². The third kappa shape index (κ3) is 2.81. The summed E-state index contributed by atoms with van der Waals surface area (Å²) in [7, 11) is 1.14. The number of carbonyl (C=O) groups is 2. The second-order valence-corrected chi connectivity index (χ2v) is 2.39. The van der Waals surface area contributed by atoms with Crippen molar-refractivity contribution < 1.29 is 14.3 Å². The molecule has 74 valence electrons. The molecule has 0 saturated carbocycles. The molecular formula is C8H9N3O3. The number of hydrogen-bond acceptors (Lipinski definition) is 5. The van der Waals surface area contributed by atoms with Gasteiger partial charge in [0.1, 0.15) is 0 Å². The summed E-state index contributed by atoms with van der Waals surface area (Å²) in [6.45, 7) is 0.155. The molecule has 0 radical (unpaired) electrons. The van der Waals surface area contributed by atoms with Gasteiger partial charge in [-0.2, -0.15) is 10.2 Å². The molecule has 0 fully saturated rings. The quantitative estimate of drug-likeness (QED) is 0.496. The van der Waals surface area contributed by atoms with Crippen molar-refractivity contribution in [2.24, 2.45) is 0 Å². The molecule has 0 aliphatic heterocycles. The molecule has 6 heteroatoms. The third-order valence-corrected chi connectivity index (χ3v) is 1.43. The van der Waals surface area contributed by atoms with E-state index in [1.54, 1.807) is 12.1 Å². The van der Waals surface area contributed by atoms with Crippen LogP contribution in [0.25, 0.3) is 0 Å². The van der Waals surface area contributed by atoms with Gasteiger partial charge in [-0.1, -0.05) is 0 Å². The van der Waals surface area contributed by atoms with E-state index < -0.39 is 11.9 Å². The minimum absolute atomic E-state index is 0.155. The maximum absolute atomic E-state index is 10.9. The highest BCUT2D eigenvalue weighted by Gasteiger charge is 2.12. The fourth-order valence-electron chi connectivity index (χ4n) is 0.763. The van der Waals surface area contributed by atoms with Crippen LogP contribution in [0.4, 0.5) is 0 Å². The van der Waals surface area contributed by atoms with E-state index in [1.165, 1.54) is 6.20 Å². The number of rotatable bonds is 2. The second-order valence-electron chi connectivity index (χ2n) is 2.39. The van der Waals surface area contributed by atoms with Crippen molar-refractivity contribution in [2.45, 2.75) is 6.54 Å². The standard InChI is InChI=1S/C8H9N3O3/c1-14-8(13)7(12)9-5-6-3-2-4-10-11-6/h2-4H,5H2,1H3,(H,9,12). The molecular weight excluding hydrogens is 186 g/mol. The lowest BCUT2D eigenvalue weighted by Gasteiger charge is -2.01. The van der Waals surface area contributed by atoms with Gasteiger partial charge in [-0.05, 0) is 12.1 Å². The molecule has 0 aromatic carbocycles. The van der Waals surface area contributed by atoms with Gasteiger partial charge in [0.15, 0.2) is 0 Å². The van der Waals surface area contributed by atoms with Crippen LogP contribution in [-0.2, 0) is 20.9 Å². The Morgan fingerprint density at radius 1 is 1.57 bits per heavy atom. The largest absolute Gasteiger partial charge is 0.462 e. The van der Waals surface area contributed by atoms with Crippen LogP contribution in [0, 0.1) is 0 Å². The molecule has 0 unspecified atom stereocenters. The number of ether oxygens (including phenoxy) is 1. The van der Waals surface area contributed by atoms with Crippen LogP contribution in [0.5, 0.6) is 0 Å². The predicted molar refractivity (Wildman–Crippen MR) is 45.9 cm³/mol. The van der Waals surface area contributed by atoms with Crippen molar-refractivity contribution in [3.05, 3.63) is 24.0 Å². The molecule has 1 aromatic heterocycles. The fraction of sp³-hybridized carbons (Fsp3) is 0.250. The minimum atomic E-state index is -0.922. The van der Waals surface area contributed by atoms with Crippen LogP contribution in [-0.4, -0.2) is 29.2 Å². The first kappa shape index (κ1) is 10.1. The fourth-order valence-corrected chi connectivity index (χ4v) is 0.763. The molecule has 0 bridgehead atoms. The normalized spacial score (nSPS) is 9.21. The first-order valence-electron chi connectivity index (χ1n) is 3.86. The summed E-state index contributed by atoms with van der Waals surface area (Å²) in [6.07, 6.45) is 1.52. The molecule has 0 atom stereocenters. The molecule has 1 N–H and O–H groups in total. The Kier molecular flexibility index (Phi) is 3.54.